The fourth-order valence-electron chi connectivity index (χ4n) is 7.12. The average Bonchev–Trinajstić information content (AvgIpc) is 3.08. The maximum atomic E-state index is 14.5. The summed E-state index contributed by atoms with van der Waals surface area (Å²) < 4.78 is 26.2. The first-order chi connectivity index (χ1) is 22.7. The van der Waals surface area contributed by atoms with Crippen LogP contribution in [0.2, 0.25) is 0 Å². The molecule has 8 heteroatoms. The van der Waals surface area contributed by atoms with Crippen LogP contribution in [0.4, 0.5) is 4.39 Å². The minimum atomic E-state index is -1.08. The van der Waals surface area contributed by atoms with Gasteiger partial charge in [0.25, 0.3) is 0 Å². The van der Waals surface area contributed by atoms with Crippen molar-refractivity contribution in [3.05, 3.63) is 100 Å². The van der Waals surface area contributed by atoms with Crippen LogP contribution in [0.15, 0.2) is 66.7 Å². The van der Waals surface area contributed by atoms with E-state index in [0.717, 1.165) is 50.5 Å². The number of halogens is 1. The van der Waals surface area contributed by atoms with Gasteiger partial charge in [0.2, 0.25) is 5.91 Å². The van der Waals surface area contributed by atoms with E-state index in [9.17, 15) is 18.8 Å². The number of carboxylic acid groups (broad SMARTS) is 1. The molecule has 3 atom stereocenters. The van der Waals surface area contributed by atoms with Gasteiger partial charge in [0.1, 0.15) is 23.7 Å². The summed E-state index contributed by atoms with van der Waals surface area (Å²) in [4.78, 5) is 41.4. The highest BCUT2D eigenvalue weighted by atomic mass is 19.1. The Hall–Kier alpha value is -4.20. The third-order valence-electron chi connectivity index (χ3n) is 9.77. The zero-order valence-electron chi connectivity index (χ0n) is 27.5. The molecule has 3 aromatic rings. The van der Waals surface area contributed by atoms with Gasteiger partial charge in [-0.1, -0.05) is 61.7 Å². The molecule has 47 heavy (non-hydrogen) atoms. The van der Waals surface area contributed by atoms with Crippen LogP contribution in [0.3, 0.4) is 0 Å². The molecule has 1 saturated heterocycles. The number of carbonyl (C=O) groups is 3. The van der Waals surface area contributed by atoms with Gasteiger partial charge in [-0.15, -0.1) is 0 Å². The van der Waals surface area contributed by atoms with Crippen molar-refractivity contribution in [2.45, 2.75) is 96.1 Å². The molecule has 1 aliphatic heterocycles. The fraction of sp³-hybridized carbons (Fsp3) is 0.462. The van der Waals surface area contributed by atoms with E-state index >= 15 is 0 Å². The molecule has 1 heterocycles. The monoisotopic (exact) mass is 643 g/mol. The standard InChI is InChI=1S/C39H46FNO6/c1-26-17-18-28(22-27(26)2)19-20-35(30-12-9-15-33(24-30)46-25-36(42)43)47-39(45)34-16-6-7-21-41(34)38(44)37(29-10-4-3-5-11-29)31-13-8-14-32(40)23-31/h8-9,12-15,17-18,22-24,29,34-35,37H,3-7,10-11,16,19-21,25H2,1-2H3,(H,42,43)/t34-,35?,37-/m0/s1. The smallest absolute Gasteiger partial charge is 0.341 e. The van der Waals surface area contributed by atoms with Gasteiger partial charge in [-0.3, -0.25) is 4.79 Å². The Morgan fingerprint density at radius 1 is 0.872 bits per heavy atom. The molecular formula is C39H46FNO6. The molecule has 2 fully saturated rings. The molecule has 2 aliphatic rings. The van der Waals surface area contributed by atoms with E-state index in [1.165, 1.54) is 23.3 Å². The number of amides is 1. The predicted octanol–water partition coefficient (Wildman–Crippen LogP) is 7.87. The normalized spacial score (nSPS) is 18.3. The summed E-state index contributed by atoms with van der Waals surface area (Å²) in [6.45, 7) is 4.10. The number of carboxylic acids is 1. The van der Waals surface area contributed by atoms with E-state index in [1.807, 2.05) is 12.1 Å². The lowest BCUT2D eigenvalue weighted by Gasteiger charge is -2.39. The number of hydrogen-bond acceptors (Lipinski definition) is 5. The van der Waals surface area contributed by atoms with Crippen LogP contribution in [0, 0.1) is 25.6 Å². The Labute approximate surface area is 277 Å². The average molecular weight is 644 g/mol. The number of benzene rings is 3. The molecule has 1 amide bonds. The maximum absolute atomic E-state index is 14.5. The second-order valence-electron chi connectivity index (χ2n) is 13.1. The van der Waals surface area contributed by atoms with Crippen molar-refractivity contribution in [2.75, 3.05) is 13.2 Å². The second kappa shape index (κ2) is 16.1. The van der Waals surface area contributed by atoms with E-state index in [1.54, 1.807) is 29.2 Å². The summed E-state index contributed by atoms with van der Waals surface area (Å²) in [7, 11) is 0. The molecule has 1 unspecified atom stereocenters. The molecule has 0 bridgehead atoms. The van der Waals surface area contributed by atoms with Gasteiger partial charge in [0.15, 0.2) is 6.61 Å². The quantitative estimate of drug-likeness (QED) is 0.202. The van der Waals surface area contributed by atoms with Crippen molar-refractivity contribution in [1.29, 1.82) is 0 Å². The maximum Gasteiger partial charge on any atom is 0.341 e. The van der Waals surface area contributed by atoms with E-state index in [2.05, 4.69) is 32.0 Å². The third kappa shape index (κ3) is 8.99. The van der Waals surface area contributed by atoms with Crippen molar-refractivity contribution < 1.29 is 33.4 Å². The summed E-state index contributed by atoms with van der Waals surface area (Å²) in [5.41, 5.74) is 4.86. The van der Waals surface area contributed by atoms with Crippen molar-refractivity contribution >= 4 is 17.8 Å². The number of rotatable bonds is 12. The van der Waals surface area contributed by atoms with Crippen LogP contribution in [-0.4, -0.2) is 47.0 Å². The second-order valence-corrected chi connectivity index (χ2v) is 13.1. The Morgan fingerprint density at radius 2 is 1.62 bits per heavy atom. The highest BCUT2D eigenvalue weighted by molar-refractivity contribution is 5.89. The molecule has 5 rings (SSSR count). The van der Waals surface area contributed by atoms with Crippen LogP contribution in [0.5, 0.6) is 5.75 Å². The number of likely N-dealkylation sites (tertiary alicyclic amines) is 1. The molecule has 7 nitrogen and oxygen atoms in total. The van der Waals surface area contributed by atoms with Crippen molar-refractivity contribution in [1.82, 2.24) is 4.90 Å². The highest BCUT2D eigenvalue weighted by Gasteiger charge is 2.41. The molecule has 1 N–H and O–H groups in total. The number of ether oxygens (including phenoxy) is 2. The number of piperidine rings is 1. The van der Waals surface area contributed by atoms with Gasteiger partial charge in [0.05, 0.1) is 5.92 Å². The number of aliphatic carboxylic acids is 1. The van der Waals surface area contributed by atoms with Crippen molar-refractivity contribution in [3.63, 3.8) is 0 Å². The minimum Gasteiger partial charge on any atom is -0.482 e. The first-order valence-electron chi connectivity index (χ1n) is 17.0. The van der Waals surface area contributed by atoms with Crippen molar-refractivity contribution in [2.24, 2.45) is 5.92 Å². The Kier molecular flexibility index (Phi) is 11.7. The lowest BCUT2D eigenvalue weighted by atomic mass is 9.75. The summed E-state index contributed by atoms with van der Waals surface area (Å²) in [6, 6.07) is 18.9. The number of hydrogen-bond donors (Lipinski definition) is 1. The van der Waals surface area contributed by atoms with Gasteiger partial charge >= 0.3 is 11.9 Å². The molecule has 0 aromatic heterocycles. The van der Waals surface area contributed by atoms with Gasteiger partial charge < -0.3 is 19.5 Å². The number of nitrogens with zero attached hydrogens (tertiary/aromatic N) is 1. The summed E-state index contributed by atoms with van der Waals surface area (Å²) in [5, 5.41) is 9.10. The first-order valence-corrected chi connectivity index (χ1v) is 17.0. The Morgan fingerprint density at radius 3 is 2.36 bits per heavy atom. The molecule has 1 aliphatic carbocycles. The van der Waals surface area contributed by atoms with Crippen LogP contribution >= 0.6 is 0 Å². The zero-order valence-corrected chi connectivity index (χ0v) is 27.5. The van der Waals surface area contributed by atoms with Gasteiger partial charge in [-0.05, 0) is 117 Å². The fourth-order valence-corrected chi connectivity index (χ4v) is 7.12. The van der Waals surface area contributed by atoms with Gasteiger partial charge in [-0.2, -0.15) is 0 Å². The molecule has 3 aromatic carbocycles. The molecule has 0 spiro atoms. The van der Waals surface area contributed by atoms with Crippen LogP contribution < -0.4 is 4.74 Å². The molecule has 250 valence electrons. The number of carbonyl (C=O) groups excluding carboxylic acids is 2. The topological polar surface area (TPSA) is 93.1 Å². The molecule has 1 saturated carbocycles. The van der Waals surface area contributed by atoms with Gasteiger partial charge in [0, 0.05) is 6.54 Å². The number of aryl methyl sites for hydroxylation is 3. The van der Waals surface area contributed by atoms with E-state index in [0.29, 0.717) is 42.7 Å². The highest BCUT2D eigenvalue weighted by Crippen LogP contribution is 2.39. The first kappa shape index (κ1) is 34.1. The third-order valence-corrected chi connectivity index (χ3v) is 9.77. The van der Waals surface area contributed by atoms with Crippen LogP contribution in [-0.2, 0) is 25.5 Å². The Bertz CT molecular complexity index is 1550. The SMILES string of the molecule is Cc1ccc(CCC(OC(=O)[C@@H]2CCCCN2C(=O)[C@H](c2cccc(F)c2)C2CCCCC2)c2cccc(OCC(=O)O)c2)cc1C. The molecular weight excluding hydrogens is 597 g/mol. The lowest BCUT2D eigenvalue weighted by molar-refractivity contribution is -0.163. The van der Waals surface area contributed by atoms with E-state index in [4.69, 9.17) is 14.6 Å². The number of esters is 1. The summed E-state index contributed by atoms with van der Waals surface area (Å²) in [5.74, 6) is -2.08. The zero-order chi connectivity index (χ0) is 33.3. The largest absolute Gasteiger partial charge is 0.482 e. The summed E-state index contributed by atoms with van der Waals surface area (Å²) in [6.07, 6.45) is 7.57. The van der Waals surface area contributed by atoms with E-state index < -0.39 is 36.6 Å². The molecule has 0 radical (unpaired) electrons. The van der Waals surface area contributed by atoms with Crippen LogP contribution in [0.25, 0.3) is 0 Å². The van der Waals surface area contributed by atoms with Gasteiger partial charge in [-0.25, -0.2) is 14.0 Å². The predicted molar refractivity (Wildman–Crippen MR) is 178 cm³/mol. The lowest BCUT2D eigenvalue weighted by Crippen LogP contribution is -2.51. The van der Waals surface area contributed by atoms with Crippen molar-refractivity contribution in [3.8, 4) is 5.75 Å². The summed E-state index contributed by atoms with van der Waals surface area (Å²) >= 11 is 0. The Balaban J connectivity index is 1.40. The van der Waals surface area contributed by atoms with Crippen LogP contribution in [0.1, 0.15) is 97.6 Å². The van der Waals surface area contributed by atoms with E-state index in [-0.39, 0.29) is 17.6 Å². The minimum absolute atomic E-state index is 0.0934.